The molecule has 0 aliphatic heterocycles. The van der Waals surface area contributed by atoms with Crippen molar-refractivity contribution in [2.75, 3.05) is 12.4 Å². The highest BCUT2D eigenvalue weighted by atomic mass is 16.5. The molecular formula is C24H21N3O3. The van der Waals surface area contributed by atoms with Crippen molar-refractivity contribution in [1.29, 1.82) is 0 Å². The van der Waals surface area contributed by atoms with Gasteiger partial charge >= 0.3 is 0 Å². The first-order valence-corrected chi connectivity index (χ1v) is 9.48. The molecule has 4 aromatic rings. The average molecular weight is 399 g/mol. The van der Waals surface area contributed by atoms with E-state index in [-0.39, 0.29) is 11.7 Å². The van der Waals surface area contributed by atoms with E-state index >= 15 is 0 Å². The van der Waals surface area contributed by atoms with Gasteiger partial charge < -0.3 is 15.2 Å². The smallest absolute Gasteiger partial charge is 0.248 e. The van der Waals surface area contributed by atoms with E-state index in [2.05, 4.69) is 22.5 Å². The first-order chi connectivity index (χ1) is 14.6. The summed E-state index contributed by atoms with van der Waals surface area (Å²) in [6.45, 7) is 0.655. The van der Waals surface area contributed by atoms with Gasteiger partial charge in [-0.05, 0) is 41.5 Å². The summed E-state index contributed by atoms with van der Waals surface area (Å²) in [5.41, 5.74) is 3.49. The second kappa shape index (κ2) is 8.53. The number of phenolic OH excluding ortho intramolecular Hbond substituents is 1. The fourth-order valence-corrected chi connectivity index (χ4v) is 3.25. The van der Waals surface area contributed by atoms with E-state index in [9.17, 15) is 9.90 Å². The van der Waals surface area contributed by atoms with E-state index in [4.69, 9.17) is 4.74 Å². The minimum absolute atomic E-state index is 0.0238. The number of anilines is 1. The summed E-state index contributed by atoms with van der Waals surface area (Å²) in [7, 11) is 1.49. The molecule has 30 heavy (non-hydrogen) atoms. The summed E-state index contributed by atoms with van der Waals surface area (Å²) in [4.78, 5) is 12.4. The molecule has 0 unspecified atom stereocenters. The first kappa shape index (κ1) is 19.3. The molecule has 0 atom stereocenters. The monoisotopic (exact) mass is 399 g/mol. The van der Waals surface area contributed by atoms with E-state index < -0.39 is 0 Å². The molecule has 0 saturated carbocycles. The molecular weight excluding hydrogens is 378 g/mol. The molecule has 150 valence electrons. The summed E-state index contributed by atoms with van der Waals surface area (Å²) in [5, 5.41) is 18.1. The van der Waals surface area contributed by atoms with Gasteiger partial charge in [-0.25, -0.2) is 0 Å². The number of hydrogen-bond acceptors (Lipinski definition) is 4. The van der Waals surface area contributed by atoms with Gasteiger partial charge in [-0.3, -0.25) is 9.48 Å². The number of fused-ring (bicyclic) bond motifs is 1. The van der Waals surface area contributed by atoms with Crippen molar-refractivity contribution in [2.45, 2.75) is 6.54 Å². The van der Waals surface area contributed by atoms with Gasteiger partial charge in [0.25, 0.3) is 0 Å². The van der Waals surface area contributed by atoms with Crippen molar-refractivity contribution in [3.8, 4) is 11.5 Å². The van der Waals surface area contributed by atoms with Gasteiger partial charge in [0.2, 0.25) is 5.91 Å². The average Bonchev–Trinajstić information content (AvgIpc) is 3.17. The van der Waals surface area contributed by atoms with Crippen LogP contribution in [0.1, 0.15) is 11.1 Å². The summed E-state index contributed by atoms with van der Waals surface area (Å²) in [5.74, 6) is 0.139. The van der Waals surface area contributed by atoms with Gasteiger partial charge in [0.1, 0.15) is 0 Å². The molecule has 0 bridgehead atoms. The molecule has 0 saturated heterocycles. The number of ether oxygens (including phenoxy) is 1. The highest BCUT2D eigenvalue weighted by molar-refractivity contribution is 6.07. The van der Waals surface area contributed by atoms with Gasteiger partial charge in [-0.1, -0.05) is 42.5 Å². The molecule has 0 radical (unpaired) electrons. The van der Waals surface area contributed by atoms with Crippen LogP contribution in [0.5, 0.6) is 11.5 Å². The van der Waals surface area contributed by atoms with Crippen molar-refractivity contribution in [3.05, 3.63) is 90.1 Å². The Morgan fingerprint density at radius 3 is 2.73 bits per heavy atom. The first-order valence-electron chi connectivity index (χ1n) is 9.48. The van der Waals surface area contributed by atoms with Crippen LogP contribution < -0.4 is 10.1 Å². The van der Waals surface area contributed by atoms with E-state index in [1.54, 1.807) is 24.4 Å². The third-order valence-corrected chi connectivity index (χ3v) is 4.75. The minimum atomic E-state index is -0.270. The molecule has 2 N–H and O–H groups in total. The predicted molar refractivity (Wildman–Crippen MR) is 118 cm³/mol. The maximum atomic E-state index is 12.4. The fourth-order valence-electron chi connectivity index (χ4n) is 3.25. The number of hydrogen-bond donors (Lipinski definition) is 2. The van der Waals surface area contributed by atoms with Crippen molar-refractivity contribution < 1.29 is 14.6 Å². The van der Waals surface area contributed by atoms with Gasteiger partial charge in [0.05, 0.1) is 31.1 Å². The third-order valence-electron chi connectivity index (χ3n) is 4.75. The molecule has 3 aromatic carbocycles. The second-order valence-corrected chi connectivity index (χ2v) is 6.78. The van der Waals surface area contributed by atoms with Crippen LogP contribution in [-0.2, 0) is 11.3 Å². The fraction of sp³-hybridized carbons (Fsp3) is 0.0833. The quantitative estimate of drug-likeness (QED) is 0.470. The number of aromatic nitrogens is 2. The van der Waals surface area contributed by atoms with E-state index in [0.717, 1.165) is 16.5 Å². The van der Waals surface area contributed by atoms with Gasteiger partial charge in [-0.15, -0.1) is 0 Å². The molecule has 1 aromatic heterocycles. The van der Waals surface area contributed by atoms with Crippen molar-refractivity contribution >= 4 is 28.6 Å². The highest BCUT2D eigenvalue weighted by Gasteiger charge is 2.09. The van der Waals surface area contributed by atoms with E-state index in [1.807, 2.05) is 41.1 Å². The molecule has 6 heteroatoms. The molecule has 0 aliphatic rings. The normalized spacial score (nSPS) is 11.1. The largest absolute Gasteiger partial charge is 0.504 e. The lowest BCUT2D eigenvalue weighted by Crippen LogP contribution is -2.08. The number of carbonyl (C=O) groups is 1. The van der Waals surface area contributed by atoms with Crippen LogP contribution >= 0.6 is 0 Å². The van der Waals surface area contributed by atoms with Crippen LogP contribution in [0.15, 0.2) is 79.0 Å². The van der Waals surface area contributed by atoms with Gasteiger partial charge in [0, 0.05) is 11.5 Å². The van der Waals surface area contributed by atoms with Gasteiger partial charge in [-0.2, -0.15) is 5.10 Å². The molecule has 0 fully saturated rings. The molecule has 6 nitrogen and oxygen atoms in total. The summed E-state index contributed by atoms with van der Waals surface area (Å²) in [6.07, 6.45) is 4.82. The Bertz CT molecular complexity index is 1210. The minimum Gasteiger partial charge on any atom is -0.504 e. The Morgan fingerprint density at radius 1 is 1.13 bits per heavy atom. The van der Waals surface area contributed by atoms with Crippen LogP contribution in [0.2, 0.25) is 0 Å². The van der Waals surface area contributed by atoms with E-state index in [0.29, 0.717) is 23.5 Å². The maximum absolute atomic E-state index is 12.4. The number of carbonyl (C=O) groups excluding carboxylic acids is 1. The number of nitrogens with zero attached hydrogens (tertiary/aromatic N) is 2. The number of nitrogens with one attached hydrogen (secondary N) is 1. The Hall–Kier alpha value is -4.06. The maximum Gasteiger partial charge on any atom is 0.248 e. The van der Waals surface area contributed by atoms with Crippen LogP contribution in [0, 0.1) is 0 Å². The Kier molecular flexibility index (Phi) is 5.48. The van der Waals surface area contributed by atoms with Crippen LogP contribution in [0.25, 0.3) is 17.0 Å². The second-order valence-electron chi connectivity index (χ2n) is 6.78. The third kappa shape index (κ3) is 4.17. The predicted octanol–water partition coefficient (Wildman–Crippen LogP) is 4.45. The zero-order valence-electron chi connectivity index (χ0n) is 16.4. The van der Waals surface area contributed by atoms with Crippen molar-refractivity contribution in [2.24, 2.45) is 0 Å². The standard InChI is InChI=1S/C24H21N3O3/c1-30-23-12-10-17(14-22(23)28)11-13-24(29)26-20-8-5-9-21-19(20)15-25-27(21)16-18-6-3-2-4-7-18/h2-15,28H,16H2,1H3,(H,26,29). The van der Waals surface area contributed by atoms with Crippen molar-refractivity contribution in [3.63, 3.8) is 0 Å². The van der Waals surface area contributed by atoms with Gasteiger partial charge in [0.15, 0.2) is 11.5 Å². The number of benzene rings is 3. The highest BCUT2D eigenvalue weighted by Crippen LogP contribution is 2.27. The molecule has 1 heterocycles. The van der Waals surface area contributed by atoms with Crippen LogP contribution in [-0.4, -0.2) is 27.9 Å². The van der Waals surface area contributed by atoms with E-state index in [1.165, 1.54) is 19.3 Å². The topological polar surface area (TPSA) is 76.4 Å². The van der Waals surface area contributed by atoms with Crippen LogP contribution in [0.4, 0.5) is 5.69 Å². The zero-order chi connectivity index (χ0) is 20.9. The lowest BCUT2D eigenvalue weighted by Gasteiger charge is -2.07. The molecule has 0 spiro atoms. The molecule has 0 aliphatic carbocycles. The lowest BCUT2D eigenvalue weighted by molar-refractivity contribution is -0.111. The Morgan fingerprint density at radius 2 is 1.97 bits per heavy atom. The number of aromatic hydroxyl groups is 1. The zero-order valence-corrected chi connectivity index (χ0v) is 16.4. The Labute approximate surface area is 174 Å². The number of rotatable bonds is 6. The summed E-state index contributed by atoms with van der Waals surface area (Å²) >= 11 is 0. The summed E-state index contributed by atoms with van der Waals surface area (Å²) < 4.78 is 6.94. The van der Waals surface area contributed by atoms with Crippen molar-refractivity contribution in [1.82, 2.24) is 9.78 Å². The number of methoxy groups -OCH3 is 1. The summed E-state index contributed by atoms with van der Waals surface area (Å²) in [6, 6.07) is 20.8. The van der Waals surface area contributed by atoms with Crippen LogP contribution in [0.3, 0.4) is 0 Å². The lowest BCUT2D eigenvalue weighted by atomic mass is 10.2. The SMILES string of the molecule is COc1ccc(C=CC(=O)Nc2cccc3c2cnn3Cc2ccccc2)cc1O. The number of amides is 1. The molecule has 1 amide bonds. The number of phenols is 1. The molecule has 4 rings (SSSR count). The Balaban J connectivity index is 1.51.